The molecule has 0 fully saturated rings. The summed E-state index contributed by atoms with van der Waals surface area (Å²) < 4.78 is 27.4. The number of nitriles is 1. The first-order valence-electron chi connectivity index (χ1n) is 8.60. The van der Waals surface area contributed by atoms with Crippen molar-refractivity contribution >= 4 is 23.4 Å². The van der Waals surface area contributed by atoms with E-state index in [0.29, 0.717) is 35.1 Å². The van der Waals surface area contributed by atoms with Crippen molar-refractivity contribution in [1.82, 2.24) is 19.9 Å². The molecule has 0 saturated carbocycles. The predicted molar refractivity (Wildman–Crippen MR) is 105 cm³/mol. The number of nitrogens with one attached hydrogen (secondary N) is 2. The molecule has 0 aliphatic carbocycles. The zero-order valence-electron chi connectivity index (χ0n) is 15.9. The SMILES string of the molecule is Cc1cc(Nc2cc(NC(N)=O)ncc2-c2ccc(C#N)cn2)nc(C(C)(F)F)n1. The summed E-state index contributed by atoms with van der Waals surface area (Å²) in [7, 11) is 0. The van der Waals surface area contributed by atoms with Gasteiger partial charge in [0.05, 0.1) is 16.9 Å². The topological polar surface area (TPSA) is 142 Å². The summed E-state index contributed by atoms with van der Waals surface area (Å²) in [6.07, 6.45) is 2.81. The highest BCUT2D eigenvalue weighted by atomic mass is 19.3. The summed E-state index contributed by atoms with van der Waals surface area (Å²) in [5, 5.41) is 14.2. The lowest BCUT2D eigenvalue weighted by Crippen LogP contribution is -2.20. The molecule has 0 aromatic carbocycles. The lowest BCUT2D eigenvalue weighted by Gasteiger charge is -2.15. The van der Waals surface area contributed by atoms with Crippen LogP contribution in [0.4, 0.5) is 30.9 Å². The Morgan fingerprint density at radius 3 is 2.53 bits per heavy atom. The second-order valence-electron chi connectivity index (χ2n) is 6.38. The fraction of sp³-hybridized carbons (Fsp3) is 0.158. The monoisotopic (exact) mass is 410 g/mol. The average Bonchev–Trinajstić information content (AvgIpc) is 2.67. The van der Waals surface area contributed by atoms with Crippen molar-refractivity contribution in [2.75, 3.05) is 10.6 Å². The zero-order valence-corrected chi connectivity index (χ0v) is 15.9. The van der Waals surface area contributed by atoms with Gasteiger partial charge in [-0.05, 0) is 19.1 Å². The van der Waals surface area contributed by atoms with Crippen molar-refractivity contribution in [3.63, 3.8) is 0 Å². The first-order chi connectivity index (χ1) is 14.2. The molecule has 3 aromatic rings. The van der Waals surface area contributed by atoms with Gasteiger partial charge in [0.15, 0.2) is 0 Å². The second kappa shape index (κ2) is 8.04. The maximum Gasteiger partial charge on any atom is 0.317 e. The number of anilines is 3. The highest BCUT2D eigenvalue weighted by Crippen LogP contribution is 2.31. The van der Waals surface area contributed by atoms with E-state index in [4.69, 9.17) is 11.0 Å². The number of carbonyl (C=O) groups excluding carboxylic acids is 1. The summed E-state index contributed by atoms with van der Waals surface area (Å²) in [6.45, 7) is 2.27. The molecule has 3 rings (SSSR count). The number of amides is 2. The quantitative estimate of drug-likeness (QED) is 0.584. The van der Waals surface area contributed by atoms with Gasteiger partial charge in [0.2, 0.25) is 5.82 Å². The van der Waals surface area contributed by atoms with Crippen molar-refractivity contribution in [2.45, 2.75) is 19.8 Å². The Morgan fingerprint density at radius 1 is 1.17 bits per heavy atom. The Hall–Kier alpha value is -4.20. The number of carbonyl (C=O) groups is 1. The molecule has 0 unspecified atom stereocenters. The first-order valence-corrected chi connectivity index (χ1v) is 8.60. The number of pyridine rings is 2. The van der Waals surface area contributed by atoms with E-state index in [0.717, 1.165) is 0 Å². The molecule has 2 amide bonds. The van der Waals surface area contributed by atoms with Crippen LogP contribution in [0.25, 0.3) is 11.3 Å². The highest BCUT2D eigenvalue weighted by Gasteiger charge is 2.29. The molecule has 0 bridgehead atoms. The molecule has 4 N–H and O–H groups in total. The summed E-state index contributed by atoms with van der Waals surface area (Å²) in [4.78, 5) is 27.1. The third-order valence-electron chi connectivity index (χ3n) is 3.83. The average molecular weight is 410 g/mol. The maximum absolute atomic E-state index is 13.7. The van der Waals surface area contributed by atoms with Gasteiger partial charge in [-0.1, -0.05) is 0 Å². The molecule has 152 valence electrons. The lowest BCUT2D eigenvalue weighted by atomic mass is 10.1. The van der Waals surface area contributed by atoms with E-state index in [9.17, 15) is 13.6 Å². The maximum atomic E-state index is 13.7. The molecule has 0 saturated heterocycles. The Balaban J connectivity index is 2.08. The minimum atomic E-state index is -3.23. The normalized spacial score (nSPS) is 10.9. The molecule has 3 heterocycles. The van der Waals surface area contributed by atoms with E-state index in [-0.39, 0.29) is 11.6 Å². The van der Waals surface area contributed by atoms with E-state index in [2.05, 4.69) is 30.6 Å². The summed E-state index contributed by atoms with van der Waals surface area (Å²) in [5.41, 5.74) is 7.16. The van der Waals surface area contributed by atoms with Crippen molar-refractivity contribution in [3.8, 4) is 17.3 Å². The van der Waals surface area contributed by atoms with Gasteiger partial charge in [0.25, 0.3) is 0 Å². The summed E-state index contributed by atoms with van der Waals surface area (Å²) in [5.74, 6) is -3.61. The van der Waals surface area contributed by atoms with Gasteiger partial charge < -0.3 is 11.1 Å². The van der Waals surface area contributed by atoms with Crippen LogP contribution >= 0.6 is 0 Å². The molecule has 9 nitrogen and oxygen atoms in total. The predicted octanol–water partition coefficient (Wildman–Crippen LogP) is 3.46. The number of hydrogen-bond donors (Lipinski definition) is 3. The Labute approximate surface area is 170 Å². The number of halogens is 2. The van der Waals surface area contributed by atoms with Crippen LogP contribution in [-0.2, 0) is 5.92 Å². The van der Waals surface area contributed by atoms with Crippen LogP contribution < -0.4 is 16.4 Å². The summed E-state index contributed by atoms with van der Waals surface area (Å²) >= 11 is 0. The molecule has 30 heavy (non-hydrogen) atoms. The Morgan fingerprint density at radius 2 is 1.93 bits per heavy atom. The van der Waals surface area contributed by atoms with Crippen molar-refractivity contribution < 1.29 is 13.6 Å². The number of hydrogen-bond acceptors (Lipinski definition) is 7. The van der Waals surface area contributed by atoms with Crippen LogP contribution in [0.15, 0.2) is 36.7 Å². The number of aryl methyl sites for hydroxylation is 1. The van der Waals surface area contributed by atoms with Gasteiger partial charge in [-0.2, -0.15) is 14.0 Å². The number of urea groups is 1. The molecular formula is C19H16F2N8O. The smallest absolute Gasteiger partial charge is 0.317 e. The number of nitrogens with zero attached hydrogens (tertiary/aromatic N) is 5. The van der Waals surface area contributed by atoms with Crippen LogP contribution in [0.5, 0.6) is 0 Å². The van der Waals surface area contributed by atoms with Crippen LogP contribution in [0.2, 0.25) is 0 Å². The number of aromatic nitrogens is 4. The lowest BCUT2D eigenvalue weighted by molar-refractivity contribution is 0.00766. The number of rotatable bonds is 5. The second-order valence-corrected chi connectivity index (χ2v) is 6.38. The first kappa shape index (κ1) is 20.5. The van der Waals surface area contributed by atoms with Crippen LogP contribution in [0, 0.1) is 18.3 Å². The number of primary amides is 1. The van der Waals surface area contributed by atoms with Gasteiger partial charge >= 0.3 is 12.0 Å². The van der Waals surface area contributed by atoms with E-state index in [1.165, 1.54) is 24.5 Å². The Kier molecular flexibility index (Phi) is 5.50. The van der Waals surface area contributed by atoms with Gasteiger partial charge in [0.1, 0.15) is 17.7 Å². The van der Waals surface area contributed by atoms with Crippen molar-refractivity contribution in [1.29, 1.82) is 5.26 Å². The van der Waals surface area contributed by atoms with Gasteiger partial charge in [0, 0.05) is 42.7 Å². The van der Waals surface area contributed by atoms with Crippen LogP contribution in [-0.4, -0.2) is 26.0 Å². The van der Waals surface area contributed by atoms with Crippen molar-refractivity contribution in [3.05, 3.63) is 53.7 Å². The van der Waals surface area contributed by atoms with E-state index in [1.807, 2.05) is 6.07 Å². The van der Waals surface area contributed by atoms with Gasteiger partial charge in [-0.15, -0.1) is 0 Å². The molecule has 0 radical (unpaired) electrons. The van der Waals surface area contributed by atoms with Gasteiger partial charge in [-0.3, -0.25) is 10.3 Å². The molecule has 0 spiro atoms. The molecule has 3 aromatic heterocycles. The molecular weight excluding hydrogens is 394 g/mol. The molecule has 0 atom stereocenters. The molecule has 0 aliphatic heterocycles. The third-order valence-corrected chi connectivity index (χ3v) is 3.83. The molecule has 11 heteroatoms. The van der Waals surface area contributed by atoms with Crippen LogP contribution in [0.1, 0.15) is 24.0 Å². The fourth-order valence-corrected chi connectivity index (χ4v) is 2.54. The largest absolute Gasteiger partial charge is 0.351 e. The van der Waals surface area contributed by atoms with Gasteiger partial charge in [-0.25, -0.2) is 19.7 Å². The zero-order chi connectivity index (χ0) is 21.9. The Bertz CT molecular complexity index is 1140. The standard InChI is InChI=1S/C19H16F2N8O/c1-10-5-16(28-17(26-10)19(2,20)21)27-14-6-15(29-18(23)30)25-9-12(14)13-4-3-11(7-22)8-24-13/h3-6,8-9H,1-2H3,(H4,23,25,26,27,28,29,30). The van der Waals surface area contributed by atoms with Crippen molar-refractivity contribution in [2.24, 2.45) is 5.73 Å². The highest BCUT2D eigenvalue weighted by molar-refractivity contribution is 5.89. The van der Waals surface area contributed by atoms with E-state index in [1.54, 1.807) is 19.1 Å². The third kappa shape index (κ3) is 4.79. The van der Waals surface area contributed by atoms with E-state index < -0.39 is 17.8 Å². The summed E-state index contributed by atoms with van der Waals surface area (Å²) in [6, 6.07) is 7.30. The fourth-order valence-electron chi connectivity index (χ4n) is 2.54. The minimum Gasteiger partial charge on any atom is -0.351 e. The number of alkyl halides is 2. The molecule has 0 aliphatic rings. The van der Waals surface area contributed by atoms with E-state index >= 15 is 0 Å². The minimum absolute atomic E-state index is 0.116. The number of nitrogens with two attached hydrogens (primary N) is 1. The van der Waals surface area contributed by atoms with Crippen LogP contribution in [0.3, 0.4) is 0 Å².